The molecule has 3 rings (SSSR count). The fraction of sp³-hybridized carbons (Fsp3) is 0.625. The minimum absolute atomic E-state index is 0.00783. The van der Waals surface area contributed by atoms with Crippen molar-refractivity contribution in [1.29, 1.82) is 0 Å². The molecular formula is C16H20F2N2O2. The number of Topliss-reactive ketones (excluding diaryl/α,β-unsaturated/α-hetero) is 1. The fourth-order valence-corrected chi connectivity index (χ4v) is 3.30. The summed E-state index contributed by atoms with van der Waals surface area (Å²) in [4.78, 5) is 25.9. The van der Waals surface area contributed by atoms with Gasteiger partial charge in [-0.25, -0.2) is 8.78 Å². The molecule has 0 bridgehead atoms. The Morgan fingerprint density at radius 3 is 2.77 bits per heavy atom. The summed E-state index contributed by atoms with van der Waals surface area (Å²) in [5, 5.41) is 0. The van der Waals surface area contributed by atoms with Crippen molar-refractivity contribution in [2.45, 2.75) is 44.6 Å². The Bertz CT molecular complexity index is 566. The summed E-state index contributed by atoms with van der Waals surface area (Å²) in [5.41, 5.74) is 0.505. The number of hydrogen-bond acceptors (Lipinski definition) is 2. The zero-order valence-corrected chi connectivity index (χ0v) is 12.4. The van der Waals surface area contributed by atoms with Crippen LogP contribution in [-0.2, 0) is 4.79 Å². The van der Waals surface area contributed by atoms with Crippen LogP contribution in [0.15, 0.2) is 18.3 Å². The van der Waals surface area contributed by atoms with Gasteiger partial charge in [0.2, 0.25) is 5.91 Å². The van der Waals surface area contributed by atoms with Crippen LogP contribution in [-0.4, -0.2) is 40.7 Å². The maximum absolute atomic E-state index is 12.8. The first-order chi connectivity index (χ1) is 10.6. The van der Waals surface area contributed by atoms with Crippen LogP contribution in [0.4, 0.5) is 8.78 Å². The first kappa shape index (κ1) is 15.2. The number of nitrogens with zero attached hydrogens (tertiary/aromatic N) is 2. The second kappa shape index (κ2) is 6.18. The molecule has 0 aromatic carbocycles. The van der Waals surface area contributed by atoms with Crippen molar-refractivity contribution in [2.75, 3.05) is 13.1 Å². The van der Waals surface area contributed by atoms with Crippen molar-refractivity contribution in [3.63, 3.8) is 0 Å². The predicted molar refractivity (Wildman–Crippen MR) is 77.0 cm³/mol. The van der Waals surface area contributed by atoms with Gasteiger partial charge in [0.05, 0.1) is 12.2 Å². The van der Waals surface area contributed by atoms with E-state index in [-0.39, 0.29) is 11.7 Å². The molecule has 1 amide bonds. The molecule has 1 aliphatic heterocycles. The molecule has 120 valence electrons. The van der Waals surface area contributed by atoms with E-state index < -0.39 is 19.0 Å². The molecule has 1 unspecified atom stereocenters. The van der Waals surface area contributed by atoms with Crippen LogP contribution in [0.25, 0.3) is 0 Å². The van der Waals surface area contributed by atoms with E-state index >= 15 is 0 Å². The topological polar surface area (TPSA) is 42.3 Å². The van der Waals surface area contributed by atoms with E-state index in [2.05, 4.69) is 0 Å². The van der Waals surface area contributed by atoms with Gasteiger partial charge in [-0.15, -0.1) is 0 Å². The summed E-state index contributed by atoms with van der Waals surface area (Å²) in [7, 11) is 0. The van der Waals surface area contributed by atoms with Gasteiger partial charge in [0.25, 0.3) is 6.43 Å². The number of amides is 1. The highest BCUT2D eigenvalue weighted by atomic mass is 19.3. The van der Waals surface area contributed by atoms with Crippen molar-refractivity contribution < 1.29 is 18.4 Å². The number of halogens is 2. The average molecular weight is 310 g/mol. The highest BCUT2D eigenvalue weighted by Crippen LogP contribution is 2.31. The van der Waals surface area contributed by atoms with Gasteiger partial charge >= 0.3 is 0 Å². The first-order valence-corrected chi connectivity index (χ1v) is 7.83. The largest absolute Gasteiger partial charge is 0.335 e. The second-order valence-corrected chi connectivity index (χ2v) is 6.21. The number of fused-ring (bicyclic) bond motifs is 1. The number of rotatable bonds is 5. The summed E-state index contributed by atoms with van der Waals surface area (Å²) >= 11 is 0. The summed E-state index contributed by atoms with van der Waals surface area (Å²) < 4.78 is 27.3. The third kappa shape index (κ3) is 2.91. The lowest BCUT2D eigenvalue weighted by Crippen LogP contribution is -2.45. The molecule has 0 saturated heterocycles. The lowest BCUT2D eigenvalue weighted by Gasteiger charge is -2.35. The van der Waals surface area contributed by atoms with E-state index in [0.29, 0.717) is 31.0 Å². The monoisotopic (exact) mass is 310 g/mol. The van der Waals surface area contributed by atoms with Gasteiger partial charge in [0, 0.05) is 19.2 Å². The molecule has 2 aliphatic rings. The lowest BCUT2D eigenvalue weighted by molar-refractivity contribution is -0.138. The molecule has 1 aromatic rings. The van der Waals surface area contributed by atoms with Crippen molar-refractivity contribution in [1.82, 2.24) is 9.47 Å². The molecule has 0 spiro atoms. The van der Waals surface area contributed by atoms with Crippen molar-refractivity contribution in [2.24, 2.45) is 5.92 Å². The third-order valence-electron chi connectivity index (χ3n) is 4.70. The minimum atomic E-state index is -2.53. The van der Waals surface area contributed by atoms with Gasteiger partial charge in [-0.2, -0.15) is 0 Å². The zero-order chi connectivity index (χ0) is 15.7. The summed E-state index contributed by atoms with van der Waals surface area (Å²) in [6.07, 6.45) is 2.98. The minimum Gasteiger partial charge on any atom is -0.335 e. The van der Waals surface area contributed by atoms with Gasteiger partial charge in [-0.1, -0.05) is 6.42 Å². The van der Waals surface area contributed by atoms with E-state index in [9.17, 15) is 18.4 Å². The number of carbonyl (C=O) groups is 2. The molecule has 4 nitrogen and oxygen atoms in total. The van der Waals surface area contributed by atoms with Gasteiger partial charge in [-0.05, 0) is 37.3 Å². The summed E-state index contributed by atoms with van der Waals surface area (Å²) in [6, 6.07) is 2.88. The third-order valence-corrected chi connectivity index (χ3v) is 4.70. The summed E-state index contributed by atoms with van der Waals surface area (Å²) in [5.74, 6) is 0.0719. The number of ketones is 1. The zero-order valence-electron chi connectivity index (χ0n) is 12.4. The van der Waals surface area contributed by atoms with E-state index in [4.69, 9.17) is 0 Å². The first-order valence-electron chi connectivity index (χ1n) is 7.83. The lowest BCUT2D eigenvalue weighted by atomic mass is 9.85. The van der Waals surface area contributed by atoms with Crippen LogP contribution >= 0.6 is 0 Å². The second-order valence-electron chi connectivity index (χ2n) is 6.21. The van der Waals surface area contributed by atoms with Gasteiger partial charge in [0.1, 0.15) is 6.04 Å². The Hall–Kier alpha value is -1.72. The molecule has 0 N–H and O–H groups in total. The Kier molecular flexibility index (Phi) is 4.27. The molecule has 2 heterocycles. The molecule has 1 saturated carbocycles. The average Bonchev–Trinajstić information content (AvgIpc) is 2.91. The Morgan fingerprint density at radius 1 is 1.36 bits per heavy atom. The quantitative estimate of drug-likeness (QED) is 0.839. The molecule has 6 heteroatoms. The van der Waals surface area contributed by atoms with Crippen LogP contribution < -0.4 is 0 Å². The van der Waals surface area contributed by atoms with E-state index in [0.717, 1.165) is 19.3 Å². The van der Waals surface area contributed by atoms with E-state index in [1.807, 2.05) is 0 Å². The number of alkyl halides is 2. The van der Waals surface area contributed by atoms with E-state index in [1.165, 1.54) is 4.90 Å². The maximum Gasteiger partial charge on any atom is 0.255 e. The normalized spacial score (nSPS) is 21.6. The molecule has 1 atom stereocenters. The van der Waals surface area contributed by atoms with Crippen molar-refractivity contribution in [3.8, 4) is 0 Å². The fourth-order valence-electron chi connectivity index (χ4n) is 3.30. The van der Waals surface area contributed by atoms with Crippen molar-refractivity contribution in [3.05, 3.63) is 24.0 Å². The smallest absolute Gasteiger partial charge is 0.255 e. The number of aromatic nitrogens is 1. The van der Waals surface area contributed by atoms with Crippen LogP contribution in [0.1, 0.15) is 48.6 Å². The highest BCUT2D eigenvalue weighted by molar-refractivity contribution is 5.97. The molecule has 1 aliphatic carbocycles. The van der Waals surface area contributed by atoms with Crippen LogP contribution in [0.3, 0.4) is 0 Å². The summed E-state index contributed by atoms with van der Waals surface area (Å²) in [6.45, 7) is -0.111. The molecular weight excluding hydrogens is 290 g/mol. The van der Waals surface area contributed by atoms with Crippen LogP contribution in [0.2, 0.25) is 0 Å². The van der Waals surface area contributed by atoms with Crippen LogP contribution in [0, 0.1) is 5.92 Å². The standard InChI is InChI=1S/C16H20F2N2O2/c17-15(18)10-19(9-11-3-1-4-11)16(22)13-6-7-14(21)12-5-2-8-20(12)13/h2,5,8,11,13,15H,1,3-4,6-7,9-10H2. The van der Waals surface area contributed by atoms with Crippen molar-refractivity contribution >= 4 is 11.7 Å². The maximum atomic E-state index is 12.8. The predicted octanol–water partition coefficient (Wildman–Crippen LogP) is 2.90. The van der Waals surface area contributed by atoms with Gasteiger partial charge in [-0.3, -0.25) is 9.59 Å². The van der Waals surface area contributed by atoms with E-state index in [1.54, 1.807) is 22.9 Å². The van der Waals surface area contributed by atoms with Crippen LogP contribution in [0.5, 0.6) is 0 Å². The number of carbonyl (C=O) groups excluding carboxylic acids is 2. The molecule has 1 aromatic heterocycles. The number of hydrogen-bond donors (Lipinski definition) is 0. The SMILES string of the molecule is O=C1CCC(C(=O)N(CC(F)F)CC2CCC2)n2cccc21. The Balaban J connectivity index is 1.78. The highest BCUT2D eigenvalue weighted by Gasteiger charge is 2.34. The Morgan fingerprint density at radius 2 is 2.14 bits per heavy atom. The van der Waals surface area contributed by atoms with Gasteiger partial charge < -0.3 is 9.47 Å². The molecule has 22 heavy (non-hydrogen) atoms. The van der Waals surface area contributed by atoms with Gasteiger partial charge in [0.15, 0.2) is 5.78 Å². The molecule has 1 fully saturated rings. The Labute approximate surface area is 128 Å². The molecule has 0 radical (unpaired) electrons.